The fourth-order valence-electron chi connectivity index (χ4n) is 3.71. The summed E-state index contributed by atoms with van der Waals surface area (Å²) in [6.45, 7) is 2.63. The molecule has 2 fully saturated rings. The van der Waals surface area contributed by atoms with E-state index in [2.05, 4.69) is 9.97 Å². The van der Waals surface area contributed by atoms with E-state index in [9.17, 15) is 4.79 Å². The number of amides is 1. The molecule has 0 radical (unpaired) electrons. The molecule has 2 aromatic rings. The summed E-state index contributed by atoms with van der Waals surface area (Å²) in [6.07, 6.45) is 7.04. The third-order valence-corrected chi connectivity index (χ3v) is 5.08. The van der Waals surface area contributed by atoms with Gasteiger partial charge in [0.1, 0.15) is 11.3 Å². The molecule has 0 unspecified atom stereocenters. The van der Waals surface area contributed by atoms with E-state index in [1.54, 1.807) is 23.3 Å². The maximum absolute atomic E-state index is 12.4. The van der Waals surface area contributed by atoms with Gasteiger partial charge in [-0.05, 0) is 24.8 Å². The molecule has 0 aliphatic carbocycles. The second-order valence-corrected chi connectivity index (χ2v) is 6.79. The predicted octanol–water partition coefficient (Wildman–Crippen LogP) is 1.52. The van der Waals surface area contributed by atoms with Crippen LogP contribution in [-0.2, 0) is 11.8 Å². The number of ether oxygens (including phenoxy) is 2. The van der Waals surface area contributed by atoms with Gasteiger partial charge in [0.15, 0.2) is 0 Å². The molecule has 7 nitrogen and oxygen atoms in total. The van der Waals surface area contributed by atoms with Crippen molar-refractivity contribution in [1.82, 2.24) is 19.4 Å². The van der Waals surface area contributed by atoms with Crippen LogP contribution in [0.5, 0.6) is 5.88 Å². The lowest BCUT2D eigenvalue weighted by Gasteiger charge is -2.50. The number of carbonyl (C=O) groups is 1. The monoisotopic (exact) mass is 342 g/mol. The molecule has 7 heteroatoms. The summed E-state index contributed by atoms with van der Waals surface area (Å²) in [4.78, 5) is 22.6. The number of hydrogen-bond acceptors (Lipinski definition) is 5. The molecule has 0 aromatic carbocycles. The van der Waals surface area contributed by atoms with E-state index in [0.29, 0.717) is 37.2 Å². The quantitative estimate of drug-likeness (QED) is 0.824. The van der Waals surface area contributed by atoms with Crippen LogP contribution in [0.1, 0.15) is 23.3 Å². The Morgan fingerprint density at radius 1 is 1.40 bits per heavy atom. The van der Waals surface area contributed by atoms with E-state index in [1.807, 2.05) is 30.1 Å². The van der Waals surface area contributed by atoms with E-state index in [4.69, 9.17) is 9.47 Å². The largest absolute Gasteiger partial charge is 0.478 e. The molecule has 4 rings (SSSR count). The number of carbonyl (C=O) groups excluding carboxylic acids is 1. The maximum atomic E-state index is 12.4. The third kappa shape index (κ3) is 3.11. The Bertz CT molecular complexity index is 740. The lowest BCUT2D eigenvalue weighted by molar-refractivity contribution is -0.119. The van der Waals surface area contributed by atoms with E-state index >= 15 is 0 Å². The molecule has 2 aromatic heterocycles. The molecule has 0 bridgehead atoms. The lowest BCUT2D eigenvalue weighted by Crippen LogP contribution is -2.66. The topological polar surface area (TPSA) is 69.5 Å². The molecule has 1 atom stereocenters. The zero-order chi connectivity index (χ0) is 17.3. The van der Waals surface area contributed by atoms with Crippen LogP contribution in [0.25, 0.3) is 0 Å². The van der Waals surface area contributed by atoms with Gasteiger partial charge in [-0.2, -0.15) is 0 Å². The van der Waals surface area contributed by atoms with E-state index in [-0.39, 0.29) is 11.5 Å². The van der Waals surface area contributed by atoms with Crippen LogP contribution < -0.4 is 4.74 Å². The summed E-state index contributed by atoms with van der Waals surface area (Å²) >= 11 is 0. The standard InChI is InChI=1S/C18H22N4O3/c1-21-10-15(20-13-21)17(23)22-11-18(12-22)14(6-9-25-18)5-8-24-16-4-2-3-7-19-16/h2-4,7,10,13-14H,5-6,8-9,11-12H2,1H3/t14-/m0/s1. The van der Waals surface area contributed by atoms with Gasteiger partial charge in [0.25, 0.3) is 5.91 Å². The fraction of sp³-hybridized carbons (Fsp3) is 0.500. The summed E-state index contributed by atoms with van der Waals surface area (Å²) in [5, 5.41) is 0. The Morgan fingerprint density at radius 2 is 2.28 bits per heavy atom. The van der Waals surface area contributed by atoms with Gasteiger partial charge in [-0.3, -0.25) is 4.79 Å². The first-order valence-electron chi connectivity index (χ1n) is 8.61. The minimum Gasteiger partial charge on any atom is -0.478 e. The molecular weight excluding hydrogens is 320 g/mol. The van der Waals surface area contributed by atoms with Crippen LogP contribution in [0.3, 0.4) is 0 Å². The minimum atomic E-state index is -0.210. The Labute approximate surface area is 146 Å². The van der Waals surface area contributed by atoms with Gasteiger partial charge >= 0.3 is 0 Å². The van der Waals surface area contributed by atoms with Gasteiger partial charge in [-0.25, -0.2) is 9.97 Å². The Balaban J connectivity index is 1.31. The Morgan fingerprint density at radius 3 is 3.00 bits per heavy atom. The van der Waals surface area contributed by atoms with Crippen LogP contribution >= 0.6 is 0 Å². The zero-order valence-corrected chi connectivity index (χ0v) is 14.3. The van der Waals surface area contributed by atoms with Crippen molar-refractivity contribution in [3.63, 3.8) is 0 Å². The van der Waals surface area contributed by atoms with Gasteiger partial charge in [0.2, 0.25) is 5.88 Å². The number of likely N-dealkylation sites (tertiary alicyclic amines) is 1. The molecule has 2 saturated heterocycles. The number of nitrogens with zero attached hydrogens (tertiary/aromatic N) is 4. The normalized spacial score (nSPS) is 21.3. The number of pyridine rings is 1. The molecule has 0 saturated carbocycles. The highest BCUT2D eigenvalue weighted by molar-refractivity contribution is 5.92. The van der Waals surface area contributed by atoms with Gasteiger partial charge in [-0.15, -0.1) is 0 Å². The molecule has 2 aliphatic heterocycles. The summed E-state index contributed by atoms with van der Waals surface area (Å²) in [5.74, 6) is 1.03. The predicted molar refractivity (Wildman–Crippen MR) is 90.3 cm³/mol. The summed E-state index contributed by atoms with van der Waals surface area (Å²) in [6, 6.07) is 5.64. The highest BCUT2D eigenvalue weighted by atomic mass is 16.5. The van der Waals surface area contributed by atoms with Gasteiger partial charge in [0.05, 0.1) is 26.0 Å². The van der Waals surface area contributed by atoms with Crippen molar-refractivity contribution in [2.45, 2.75) is 18.4 Å². The zero-order valence-electron chi connectivity index (χ0n) is 14.3. The van der Waals surface area contributed by atoms with E-state index < -0.39 is 0 Å². The van der Waals surface area contributed by atoms with Gasteiger partial charge in [0, 0.05) is 32.1 Å². The van der Waals surface area contributed by atoms with Crippen LogP contribution in [0.4, 0.5) is 0 Å². The van der Waals surface area contributed by atoms with Crippen LogP contribution in [-0.4, -0.2) is 57.2 Å². The van der Waals surface area contributed by atoms with Crippen molar-refractivity contribution in [3.8, 4) is 5.88 Å². The van der Waals surface area contributed by atoms with Crippen LogP contribution in [0, 0.1) is 5.92 Å². The Kier molecular flexibility index (Phi) is 4.17. The highest BCUT2D eigenvalue weighted by Gasteiger charge is 2.54. The summed E-state index contributed by atoms with van der Waals surface area (Å²) in [7, 11) is 1.86. The Hall–Kier alpha value is -2.41. The number of hydrogen-bond donors (Lipinski definition) is 0. The van der Waals surface area contributed by atoms with Gasteiger partial charge in [-0.1, -0.05) is 6.07 Å². The summed E-state index contributed by atoms with van der Waals surface area (Å²) < 4.78 is 13.5. The van der Waals surface area contributed by atoms with E-state index in [1.165, 1.54) is 0 Å². The third-order valence-electron chi connectivity index (χ3n) is 5.08. The average Bonchev–Trinajstić information content (AvgIpc) is 3.20. The number of imidazole rings is 1. The first-order chi connectivity index (χ1) is 12.2. The fourth-order valence-corrected chi connectivity index (χ4v) is 3.71. The maximum Gasteiger partial charge on any atom is 0.274 e. The smallest absolute Gasteiger partial charge is 0.274 e. The number of rotatable bonds is 5. The molecule has 25 heavy (non-hydrogen) atoms. The van der Waals surface area contributed by atoms with Crippen molar-refractivity contribution in [1.29, 1.82) is 0 Å². The first-order valence-corrected chi connectivity index (χ1v) is 8.61. The summed E-state index contributed by atoms with van der Waals surface area (Å²) in [5.41, 5.74) is 0.281. The lowest BCUT2D eigenvalue weighted by atomic mass is 9.79. The molecule has 1 spiro atoms. The molecule has 1 amide bonds. The first kappa shape index (κ1) is 16.1. The molecule has 0 N–H and O–H groups in total. The minimum absolute atomic E-state index is 0.0230. The van der Waals surface area contributed by atoms with Crippen molar-refractivity contribution in [2.75, 3.05) is 26.3 Å². The second kappa shape index (κ2) is 6.48. The number of aromatic nitrogens is 3. The molecular formula is C18H22N4O3. The van der Waals surface area contributed by atoms with Gasteiger partial charge < -0.3 is 18.9 Å². The van der Waals surface area contributed by atoms with Crippen molar-refractivity contribution in [2.24, 2.45) is 13.0 Å². The van der Waals surface area contributed by atoms with Crippen LogP contribution in [0.15, 0.2) is 36.9 Å². The number of aryl methyl sites for hydroxylation is 1. The van der Waals surface area contributed by atoms with Crippen molar-refractivity contribution in [3.05, 3.63) is 42.6 Å². The highest BCUT2D eigenvalue weighted by Crippen LogP contribution is 2.42. The average molecular weight is 342 g/mol. The SMILES string of the molecule is Cn1cnc(C(=O)N2CC3(C2)OCC[C@@H]3CCOc2ccccn2)c1. The molecule has 4 heterocycles. The van der Waals surface area contributed by atoms with E-state index in [0.717, 1.165) is 19.4 Å². The second-order valence-electron chi connectivity index (χ2n) is 6.79. The van der Waals surface area contributed by atoms with Crippen molar-refractivity contribution >= 4 is 5.91 Å². The molecule has 2 aliphatic rings. The van der Waals surface area contributed by atoms with Crippen LogP contribution in [0.2, 0.25) is 0 Å². The molecule has 132 valence electrons. The van der Waals surface area contributed by atoms with Crippen molar-refractivity contribution < 1.29 is 14.3 Å².